The molecule has 0 spiro atoms. The number of carbonyl (C=O) groups is 4. The highest BCUT2D eigenvalue weighted by atomic mass is 16.6. The average molecular weight is 427 g/mol. The van der Waals surface area contributed by atoms with Crippen molar-refractivity contribution in [3.05, 3.63) is 59.2 Å². The van der Waals surface area contributed by atoms with E-state index in [2.05, 4.69) is 0 Å². The van der Waals surface area contributed by atoms with Crippen LogP contribution in [0.15, 0.2) is 42.5 Å². The van der Waals surface area contributed by atoms with Crippen molar-refractivity contribution in [1.29, 1.82) is 0 Å². The van der Waals surface area contributed by atoms with E-state index in [1.165, 1.54) is 44.2 Å². The number of carbonyl (C=O) groups excluding carboxylic acids is 4. The zero-order valence-corrected chi connectivity index (χ0v) is 17.0. The van der Waals surface area contributed by atoms with E-state index in [-0.39, 0.29) is 30.1 Å². The third kappa shape index (κ3) is 4.89. The smallest absolute Gasteiger partial charge is 0.326 e. The maximum atomic E-state index is 12.3. The molecule has 0 aliphatic carbocycles. The second kappa shape index (κ2) is 8.57. The van der Waals surface area contributed by atoms with Crippen LogP contribution >= 0.6 is 0 Å². The van der Waals surface area contributed by atoms with Crippen LogP contribution in [0.5, 0.6) is 11.5 Å². The van der Waals surface area contributed by atoms with Gasteiger partial charge in [0.25, 0.3) is 11.8 Å². The number of amides is 2. The summed E-state index contributed by atoms with van der Waals surface area (Å²) in [7, 11) is 0. The number of aliphatic hydroxyl groups is 1. The number of esters is 1. The molecule has 0 aromatic heterocycles. The highest BCUT2D eigenvalue weighted by molar-refractivity contribution is 6.22. The molecule has 162 valence electrons. The maximum absolute atomic E-state index is 12.3. The van der Waals surface area contributed by atoms with Gasteiger partial charge in [0.05, 0.1) is 11.1 Å². The molecule has 31 heavy (non-hydrogen) atoms. The summed E-state index contributed by atoms with van der Waals surface area (Å²) in [6, 6.07) is 9.92. The molecule has 0 fully saturated rings. The first kappa shape index (κ1) is 22.0. The van der Waals surface area contributed by atoms with E-state index in [1.54, 1.807) is 12.1 Å². The topological polar surface area (TPSA) is 130 Å². The van der Waals surface area contributed by atoms with Gasteiger partial charge in [-0.3, -0.25) is 24.1 Å². The van der Waals surface area contributed by atoms with Gasteiger partial charge in [-0.15, -0.1) is 0 Å². The number of hydrogen-bond acceptors (Lipinski definition) is 8. The summed E-state index contributed by atoms with van der Waals surface area (Å²) >= 11 is 0. The Morgan fingerprint density at radius 3 is 2.26 bits per heavy atom. The lowest BCUT2D eigenvalue weighted by Crippen LogP contribution is -2.36. The van der Waals surface area contributed by atoms with Crippen molar-refractivity contribution in [3.8, 4) is 11.5 Å². The van der Waals surface area contributed by atoms with E-state index in [1.807, 2.05) is 0 Å². The maximum Gasteiger partial charge on any atom is 0.326 e. The predicted molar refractivity (Wildman–Crippen MR) is 107 cm³/mol. The molecule has 1 aliphatic rings. The number of hydrogen-bond donors (Lipinski definition) is 2. The van der Waals surface area contributed by atoms with Crippen LogP contribution in [0.25, 0.3) is 0 Å². The molecule has 0 radical (unpaired) electrons. The van der Waals surface area contributed by atoms with Gasteiger partial charge in [0.1, 0.15) is 36.9 Å². The van der Waals surface area contributed by atoms with E-state index >= 15 is 0 Å². The lowest BCUT2D eigenvalue weighted by molar-refractivity contribution is -0.144. The number of phenolic OH excluding ortho intramolecular Hbond substituents is 1. The van der Waals surface area contributed by atoms with Gasteiger partial charge >= 0.3 is 5.97 Å². The fraction of sp³-hybridized carbons (Fsp3) is 0.273. The number of imide groups is 1. The summed E-state index contributed by atoms with van der Waals surface area (Å²) in [4.78, 5) is 49.3. The van der Waals surface area contributed by atoms with Gasteiger partial charge in [-0.1, -0.05) is 0 Å². The van der Waals surface area contributed by atoms with Crippen molar-refractivity contribution in [2.24, 2.45) is 0 Å². The molecule has 2 aromatic carbocycles. The van der Waals surface area contributed by atoms with Crippen LogP contribution in [0.2, 0.25) is 0 Å². The molecular weight excluding hydrogens is 406 g/mol. The molecule has 0 saturated carbocycles. The van der Waals surface area contributed by atoms with E-state index in [0.29, 0.717) is 11.3 Å². The van der Waals surface area contributed by atoms with Crippen molar-refractivity contribution < 1.29 is 38.9 Å². The van der Waals surface area contributed by atoms with Crippen LogP contribution in [0.4, 0.5) is 0 Å². The largest absolute Gasteiger partial charge is 0.508 e. The normalized spacial score (nSPS) is 13.2. The Balaban J connectivity index is 1.46. The van der Waals surface area contributed by atoms with Crippen molar-refractivity contribution in [2.45, 2.75) is 19.4 Å². The third-order valence-corrected chi connectivity index (χ3v) is 4.53. The summed E-state index contributed by atoms with van der Waals surface area (Å²) in [6.45, 7) is 2.15. The molecule has 2 amide bonds. The number of aromatic hydroxyl groups is 1. The molecule has 2 N–H and O–H groups in total. The second-order valence-electron chi connectivity index (χ2n) is 7.41. The van der Waals surface area contributed by atoms with Crippen molar-refractivity contribution in [2.75, 3.05) is 19.8 Å². The molecule has 3 rings (SSSR count). The van der Waals surface area contributed by atoms with E-state index < -0.39 is 35.7 Å². The number of phenols is 1. The molecule has 0 atom stereocenters. The van der Waals surface area contributed by atoms with Crippen molar-refractivity contribution in [1.82, 2.24) is 4.90 Å². The lowest BCUT2D eigenvalue weighted by atomic mass is 9.97. The highest BCUT2D eigenvalue weighted by Gasteiger charge is 2.37. The SMILES string of the molecule is CC(C)(O)C(=O)c1ccc(OCCOC(=O)CN2C(=O)c3ccc(O)cc3C2=O)cc1. The summed E-state index contributed by atoms with van der Waals surface area (Å²) in [6.07, 6.45) is 0. The van der Waals surface area contributed by atoms with Crippen LogP contribution in [0, 0.1) is 0 Å². The second-order valence-corrected chi connectivity index (χ2v) is 7.41. The molecular formula is C22H21NO8. The lowest BCUT2D eigenvalue weighted by Gasteiger charge is -2.15. The third-order valence-electron chi connectivity index (χ3n) is 4.53. The van der Waals surface area contributed by atoms with Gasteiger partial charge in [-0.05, 0) is 56.3 Å². The zero-order chi connectivity index (χ0) is 22.8. The van der Waals surface area contributed by atoms with Crippen molar-refractivity contribution >= 4 is 23.6 Å². The first-order valence-electron chi connectivity index (χ1n) is 9.43. The average Bonchev–Trinajstić information content (AvgIpc) is 2.94. The van der Waals surface area contributed by atoms with Crippen LogP contribution < -0.4 is 4.74 Å². The number of fused-ring (bicyclic) bond motifs is 1. The summed E-state index contributed by atoms with van der Waals surface area (Å²) in [5, 5.41) is 19.2. The van der Waals surface area contributed by atoms with E-state index in [4.69, 9.17) is 9.47 Å². The minimum atomic E-state index is -1.48. The van der Waals surface area contributed by atoms with Gasteiger partial charge in [0, 0.05) is 5.56 Å². The Morgan fingerprint density at radius 1 is 0.968 bits per heavy atom. The zero-order valence-electron chi connectivity index (χ0n) is 17.0. The number of ether oxygens (including phenoxy) is 2. The Kier molecular flexibility index (Phi) is 6.07. The van der Waals surface area contributed by atoms with Crippen LogP contribution in [0.1, 0.15) is 44.9 Å². The van der Waals surface area contributed by atoms with Gasteiger partial charge in [-0.2, -0.15) is 0 Å². The minimum absolute atomic E-state index is 0.0144. The van der Waals surface area contributed by atoms with Gasteiger partial charge < -0.3 is 19.7 Å². The molecule has 1 heterocycles. The Hall–Kier alpha value is -3.72. The van der Waals surface area contributed by atoms with Crippen LogP contribution in [0.3, 0.4) is 0 Å². The van der Waals surface area contributed by atoms with Gasteiger partial charge in [0.15, 0.2) is 5.78 Å². The fourth-order valence-electron chi connectivity index (χ4n) is 2.97. The molecule has 9 heteroatoms. The summed E-state index contributed by atoms with van der Waals surface area (Å²) in [5.74, 6) is -2.23. The Labute approximate surface area is 177 Å². The molecule has 2 aromatic rings. The van der Waals surface area contributed by atoms with Crippen LogP contribution in [-0.2, 0) is 9.53 Å². The number of rotatable bonds is 8. The van der Waals surface area contributed by atoms with Crippen molar-refractivity contribution in [3.63, 3.8) is 0 Å². The monoisotopic (exact) mass is 427 g/mol. The standard InChI is InChI=1S/C22H21NO8/c1-22(2,29)19(26)13-3-6-15(7-4-13)30-9-10-31-18(25)12-23-20(27)16-8-5-14(24)11-17(16)21(23)28/h3-8,11,24,29H,9-10,12H2,1-2H3. The molecule has 0 bridgehead atoms. The quantitative estimate of drug-likeness (QED) is 0.281. The van der Waals surface area contributed by atoms with Crippen LogP contribution in [-0.4, -0.2) is 64.0 Å². The Bertz CT molecular complexity index is 1040. The highest BCUT2D eigenvalue weighted by Crippen LogP contribution is 2.26. The number of nitrogens with zero attached hydrogens (tertiary/aromatic N) is 1. The molecule has 9 nitrogen and oxygen atoms in total. The fourth-order valence-corrected chi connectivity index (χ4v) is 2.97. The molecule has 0 unspecified atom stereocenters. The molecule has 1 aliphatic heterocycles. The summed E-state index contributed by atoms with van der Waals surface area (Å²) in [5.41, 5.74) is -0.991. The van der Waals surface area contributed by atoms with Gasteiger partial charge in [-0.25, -0.2) is 0 Å². The summed E-state index contributed by atoms with van der Waals surface area (Å²) < 4.78 is 10.4. The Morgan fingerprint density at radius 2 is 1.61 bits per heavy atom. The number of ketones is 1. The first-order chi connectivity index (χ1) is 14.6. The molecule has 0 saturated heterocycles. The number of benzene rings is 2. The van der Waals surface area contributed by atoms with E-state index in [0.717, 1.165) is 4.90 Å². The predicted octanol–water partition coefficient (Wildman–Crippen LogP) is 1.56. The number of Topliss-reactive ketones (excluding diaryl/α,β-unsaturated/α-hetero) is 1. The van der Waals surface area contributed by atoms with Gasteiger partial charge in [0.2, 0.25) is 0 Å². The minimum Gasteiger partial charge on any atom is -0.508 e. The van der Waals surface area contributed by atoms with E-state index in [9.17, 15) is 29.4 Å². The first-order valence-corrected chi connectivity index (χ1v) is 9.43.